The number of nitrogens with two attached hydrogens (primary N) is 1. The van der Waals surface area contributed by atoms with Gasteiger partial charge in [-0.3, -0.25) is 9.69 Å². The second-order valence-electron chi connectivity index (χ2n) is 10.5. The van der Waals surface area contributed by atoms with Crippen LogP contribution in [0.5, 0.6) is 5.75 Å². The molecule has 0 saturated heterocycles. The van der Waals surface area contributed by atoms with Crippen LogP contribution in [-0.2, 0) is 5.54 Å². The van der Waals surface area contributed by atoms with Crippen LogP contribution in [0.4, 0.5) is 8.78 Å². The van der Waals surface area contributed by atoms with Gasteiger partial charge in [0.25, 0.3) is 5.91 Å². The van der Waals surface area contributed by atoms with Gasteiger partial charge in [0.15, 0.2) is 5.65 Å². The maximum atomic E-state index is 13.5. The summed E-state index contributed by atoms with van der Waals surface area (Å²) >= 11 is 0. The molecule has 4 aromatic rings. The number of carbonyl (C=O) groups is 1. The smallest absolute Gasteiger partial charge is 0.387 e. The third-order valence-corrected chi connectivity index (χ3v) is 7.20. The van der Waals surface area contributed by atoms with Crippen LogP contribution in [0.15, 0.2) is 36.8 Å². The van der Waals surface area contributed by atoms with E-state index in [0.29, 0.717) is 38.8 Å². The Kier molecular flexibility index (Phi) is 5.68. The number of hydrogen-bond acceptors (Lipinski definition) is 10. The van der Waals surface area contributed by atoms with Crippen LogP contribution >= 0.6 is 0 Å². The third kappa shape index (κ3) is 3.99. The van der Waals surface area contributed by atoms with E-state index in [0.717, 1.165) is 0 Å². The van der Waals surface area contributed by atoms with Crippen LogP contribution < -0.4 is 10.5 Å². The lowest BCUT2D eigenvalue weighted by Gasteiger charge is -2.34. The number of carbonyl (C=O) groups excluding carboxylic acids is 1. The van der Waals surface area contributed by atoms with Crippen molar-refractivity contribution in [2.75, 3.05) is 0 Å². The van der Waals surface area contributed by atoms with Crippen molar-refractivity contribution in [3.8, 4) is 17.0 Å². The summed E-state index contributed by atoms with van der Waals surface area (Å²) in [6.45, 7) is 2.20. The highest BCUT2D eigenvalue weighted by atomic mass is 19.3. The monoisotopic (exact) mass is 553 g/mol. The molecule has 4 heterocycles. The molecule has 2 bridgehead atoms. The largest absolute Gasteiger partial charge is 0.434 e. The quantitative estimate of drug-likeness (QED) is 0.268. The first kappa shape index (κ1) is 26.1. The molecule has 2 aliphatic rings. The van der Waals surface area contributed by atoms with Crippen LogP contribution in [0.3, 0.4) is 0 Å². The van der Waals surface area contributed by atoms with E-state index in [1.165, 1.54) is 22.7 Å². The summed E-state index contributed by atoms with van der Waals surface area (Å²) in [6.07, 6.45) is 1.35. The Bertz CT molecular complexity index is 1660. The van der Waals surface area contributed by atoms with Gasteiger partial charge in [-0.25, -0.2) is 19.5 Å². The highest BCUT2D eigenvalue weighted by molar-refractivity contribution is 5.98. The second kappa shape index (κ2) is 8.69. The maximum absolute atomic E-state index is 13.5. The van der Waals surface area contributed by atoms with Crippen molar-refractivity contribution in [1.82, 2.24) is 29.5 Å². The molecule has 0 saturated carbocycles. The zero-order chi connectivity index (χ0) is 28.7. The van der Waals surface area contributed by atoms with E-state index in [1.54, 1.807) is 32.4 Å². The molecule has 3 aromatic heterocycles. The zero-order valence-corrected chi connectivity index (χ0v) is 21.6. The fourth-order valence-electron chi connectivity index (χ4n) is 5.60. The number of fused-ring (bicyclic) bond motifs is 9. The average molecular weight is 554 g/mol. The van der Waals surface area contributed by atoms with Crippen molar-refractivity contribution in [1.29, 1.82) is 0 Å². The summed E-state index contributed by atoms with van der Waals surface area (Å²) in [5.74, 6) is -1.54. The normalized spacial score (nSPS) is 18.8. The predicted molar refractivity (Wildman–Crippen MR) is 134 cm³/mol. The van der Waals surface area contributed by atoms with E-state index < -0.39 is 36.1 Å². The van der Waals surface area contributed by atoms with Crippen LogP contribution in [0.2, 0.25) is 0 Å². The van der Waals surface area contributed by atoms with E-state index in [4.69, 9.17) is 15.5 Å². The minimum Gasteiger partial charge on any atom is -0.434 e. The number of aliphatic hydroxyl groups is 3. The molecule has 5 N–H and O–H groups in total. The molecule has 1 aliphatic carbocycles. The maximum Gasteiger partial charge on any atom is 0.387 e. The lowest BCUT2D eigenvalue weighted by Crippen LogP contribution is -2.53. The highest BCUT2D eigenvalue weighted by Gasteiger charge is 2.53. The van der Waals surface area contributed by atoms with Gasteiger partial charge < -0.3 is 25.8 Å². The van der Waals surface area contributed by atoms with Gasteiger partial charge in [-0.15, -0.1) is 0 Å². The van der Waals surface area contributed by atoms with Gasteiger partial charge in [-0.2, -0.15) is 13.9 Å². The first-order chi connectivity index (χ1) is 18.8. The fourth-order valence-corrected chi connectivity index (χ4v) is 5.60. The molecule has 208 valence electrons. The van der Waals surface area contributed by atoms with E-state index in [1.807, 2.05) is 6.92 Å². The van der Waals surface area contributed by atoms with Crippen molar-refractivity contribution in [3.05, 3.63) is 70.6 Å². The standard InChI is InChI=1S/C26H25F2N7O5/c1-11-10-34-21(32-19(11)12-8-30-23(31-9-12)25(2,3)29)18-14-7-15(20(18)33-34)35(26(37,38)39)22(36)13-5-4-6-16(17(13)14)40-24(27)28/h4-6,8-10,14-15,24,37-39H,7,29H2,1-3H3. The molecule has 2 atom stereocenters. The third-order valence-electron chi connectivity index (χ3n) is 7.20. The molecule has 0 spiro atoms. The molecule has 40 heavy (non-hydrogen) atoms. The molecular formula is C26H25F2N7O5. The number of alkyl halides is 2. The van der Waals surface area contributed by atoms with Crippen molar-refractivity contribution in [2.24, 2.45) is 5.73 Å². The number of benzene rings is 1. The number of nitrogens with zero attached hydrogens (tertiary/aromatic N) is 6. The van der Waals surface area contributed by atoms with E-state index in [2.05, 4.69) is 15.1 Å². The van der Waals surface area contributed by atoms with Crippen LogP contribution in [-0.4, -0.2) is 63.4 Å². The summed E-state index contributed by atoms with van der Waals surface area (Å²) < 4.78 is 33.0. The Labute approximate surface area is 225 Å². The zero-order valence-electron chi connectivity index (χ0n) is 21.6. The number of aryl methyl sites for hydroxylation is 1. The molecule has 1 aliphatic heterocycles. The second-order valence-corrected chi connectivity index (χ2v) is 10.5. The number of ether oxygens (including phenoxy) is 1. The molecule has 14 heteroatoms. The van der Waals surface area contributed by atoms with Gasteiger partial charge in [0.05, 0.1) is 23.0 Å². The van der Waals surface area contributed by atoms with Crippen molar-refractivity contribution in [3.63, 3.8) is 0 Å². The number of hydrogen-bond donors (Lipinski definition) is 4. The number of rotatable bonds is 5. The molecule has 2 unspecified atom stereocenters. The molecule has 6 rings (SSSR count). The Morgan fingerprint density at radius 3 is 2.48 bits per heavy atom. The molecule has 0 radical (unpaired) electrons. The first-order valence-corrected chi connectivity index (χ1v) is 12.4. The van der Waals surface area contributed by atoms with Crippen LogP contribution in [0.25, 0.3) is 16.9 Å². The summed E-state index contributed by atoms with van der Waals surface area (Å²) in [7, 11) is 0. The SMILES string of the molecule is Cc1cn2nc3c(c2nc1-c1cnc(C(C)(C)N)nc1)C1CC3N(C(O)(O)O)C(=O)c2cccc(OC(F)F)c21. The summed E-state index contributed by atoms with van der Waals surface area (Å²) in [4.78, 5) is 27.5. The van der Waals surface area contributed by atoms with Gasteiger partial charge in [-0.05, 0) is 44.9 Å². The van der Waals surface area contributed by atoms with Crippen LogP contribution in [0, 0.1) is 6.92 Å². The summed E-state index contributed by atoms with van der Waals surface area (Å²) in [5, 5.41) is 35.2. The van der Waals surface area contributed by atoms with Gasteiger partial charge >= 0.3 is 12.7 Å². The van der Waals surface area contributed by atoms with Gasteiger partial charge in [0.1, 0.15) is 11.6 Å². The molecule has 12 nitrogen and oxygen atoms in total. The summed E-state index contributed by atoms with van der Waals surface area (Å²) in [6, 6.07) is 2.88. The number of aromatic nitrogens is 5. The predicted octanol–water partition coefficient (Wildman–Crippen LogP) is 1.91. The molecule has 1 amide bonds. The van der Waals surface area contributed by atoms with E-state index in [-0.39, 0.29) is 29.0 Å². The van der Waals surface area contributed by atoms with Gasteiger partial charge in [0, 0.05) is 46.8 Å². The Balaban J connectivity index is 1.59. The van der Waals surface area contributed by atoms with Crippen molar-refractivity contribution >= 4 is 11.6 Å². The minimum absolute atomic E-state index is 0.00816. The number of halogens is 2. The molecule has 0 fully saturated rings. The fraction of sp³-hybridized carbons (Fsp3) is 0.346. The average Bonchev–Trinajstić information content (AvgIpc) is 3.34. The lowest BCUT2D eigenvalue weighted by molar-refractivity contribution is -0.385. The molecular weight excluding hydrogens is 528 g/mol. The van der Waals surface area contributed by atoms with Crippen LogP contribution in [0.1, 0.15) is 70.8 Å². The summed E-state index contributed by atoms with van der Waals surface area (Å²) in [5.41, 5.74) is 8.22. The Morgan fingerprint density at radius 1 is 1.15 bits per heavy atom. The number of amides is 1. The van der Waals surface area contributed by atoms with Crippen molar-refractivity contribution < 1.29 is 33.6 Å². The van der Waals surface area contributed by atoms with Gasteiger partial charge in [-0.1, -0.05) is 6.07 Å². The Morgan fingerprint density at radius 2 is 1.85 bits per heavy atom. The minimum atomic E-state index is -3.56. The van der Waals surface area contributed by atoms with Crippen molar-refractivity contribution in [2.45, 2.75) is 57.4 Å². The first-order valence-electron chi connectivity index (χ1n) is 12.4. The topological polar surface area (TPSA) is 172 Å². The van der Waals surface area contributed by atoms with E-state index >= 15 is 0 Å². The molecule has 1 aromatic carbocycles. The van der Waals surface area contributed by atoms with E-state index in [9.17, 15) is 28.9 Å². The Hall–Kier alpha value is -4.11. The highest BCUT2D eigenvalue weighted by Crippen LogP contribution is 2.54. The van der Waals surface area contributed by atoms with Gasteiger partial charge in [0.2, 0.25) is 0 Å². The lowest BCUT2D eigenvalue weighted by atomic mass is 9.89.